The molecule has 2 aromatic carbocycles. The van der Waals surface area contributed by atoms with Crippen LogP contribution in [0.1, 0.15) is 31.2 Å². The van der Waals surface area contributed by atoms with Crippen molar-refractivity contribution in [2.45, 2.75) is 25.7 Å². The summed E-state index contributed by atoms with van der Waals surface area (Å²) in [6.07, 6.45) is 1.41. The van der Waals surface area contributed by atoms with Gasteiger partial charge >= 0.3 is 0 Å². The van der Waals surface area contributed by atoms with E-state index in [9.17, 15) is 5.21 Å². The van der Waals surface area contributed by atoms with E-state index in [-0.39, 0.29) is 5.92 Å². The highest BCUT2D eigenvalue weighted by molar-refractivity contribution is 6.01. The van der Waals surface area contributed by atoms with Crippen molar-refractivity contribution in [1.82, 2.24) is 5.32 Å². The Labute approximate surface area is 182 Å². The molecule has 3 rings (SSSR count). The molecule has 2 aromatic rings. The second-order valence-electron chi connectivity index (χ2n) is 7.18. The lowest BCUT2D eigenvalue weighted by molar-refractivity contribution is 0.316. The van der Waals surface area contributed by atoms with Crippen LogP contribution in [0.4, 0.5) is 0 Å². The zero-order valence-corrected chi connectivity index (χ0v) is 17.9. The summed E-state index contributed by atoms with van der Waals surface area (Å²) in [6, 6.07) is 17.6. The van der Waals surface area contributed by atoms with Crippen LogP contribution in [0.3, 0.4) is 0 Å². The summed E-state index contributed by atoms with van der Waals surface area (Å²) in [7, 11) is 1.63. The van der Waals surface area contributed by atoms with E-state index in [1.807, 2.05) is 49.4 Å². The third kappa shape index (κ3) is 5.94. The van der Waals surface area contributed by atoms with Gasteiger partial charge in [-0.05, 0) is 61.4 Å². The molecular weight excluding hydrogens is 392 g/mol. The third-order valence-corrected chi connectivity index (χ3v) is 5.24. The summed E-state index contributed by atoms with van der Waals surface area (Å²) >= 11 is 0. The van der Waals surface area contributed by atoms with E-state index in [4.69, 9.17) is 9.47 Å². The molecule has 7 heteroatoms. The van der Waals surface area contributed by atoms with Crippen LogP contribution >= 0.6 is 0 Å². The molecule has 0 aliphatic heterocycles. The molecule has 0 saturated heterocycles. The molecule has 162 valence electrons. The van der Waals surface area contributed by atoms with Gasteiger partial charge in [0.1, 0.15) is 18.1 Å². The number of methoxy groups -OCH3 is 1. The largest absolute Gasteiger partial charge is 0.497 e. The minimum atomic E-state index is 0.194. The Morgan fingerprint density at radius 3 is 2.45 bits per heavy atom. The van der Waals surface area contributed by atoms with Gasteiger partial charge in [0, 0.05) is 12.1 Å². The fraction of sp³-hybridized carbons (Fsp3) is 0.292. The van der Waals surface area contributed by atoms with Gasteiger partial charge in [0.2, 0.25) is 5.96 Å². The van der Waals surface area contributed by atoms with Gasteiger partial charge in [-0.2, -0.15) is 0 Å². The molecule has 0 aromatic heterocycles. The molecule has 1 unspecified atom stereocenters. The average molecular weight is 421 g/mol. The van der Waals surface area contributed by atoms with Gasteiger partial charge in [-0.3, -0.25) is 0 Å². The highest BCUT2D eigenvalue weighted by atomic mass is 16.5. The molecule has 0 saturated carbocycles. The first kappa shape index (κ1) is 22.1. The fourth-order valence-electron chi connectivity index (χ4n) is 3.48. The second kappa shape index (κ2) is 11.0. The van der Waals surface area contributed by atoms with Crippen LogP contribution in [0, 0.1) is 0 Å². The van der Waals surface area contributed by atoms with E-state index < -0.39 is 0 Å². The molecule has 0 bridgehead atoms. The number of hydrogen-bond donors (Lipinski definition) is 2. The highest BCUT2D eigenvalue weighted by Crippen LogP contribution is 2.35. The SMILES string of the molecule is C=N/C(=N\C1=C(C)C(=N/O)/CC(c2ccccc2)C1)NCCOc1ccc(OC)cc1. The number of allylic oxidation sites excluding steroid dienone is 2. The molecule has 1 aliphatic carbocycles. The van der Waals surface area contributed by atoms with Gasteiger partial charge in [0.25, 0.3) is 0 Å². The molecule has 7 nitrogen and oxygen atoms in total. The molecule has 2 N–H and O–H groups in total. The predicted octanol–water partition coefficient (Wildman–Crippen LogP) is 4.40. The molecule has 0 amide bonds. The quantitative estimate of drug-likeness (QED) is 0.228. The summed E-state index contributed by atoms with van der Waals surface area (Å²) in [5.74, 6) is 2.15. The van der Waals surface area contributed by atoms with Gasteiger partial charge in [-0.1, -0.05) is 35.5 Å². The predicted molar refractivity (Wildman–Crippen MR) is 124 cm³/mol. The number of guanidine groups is 1. The minimum absolute atomic E-state index is 0.194. The topological polar surface area (TPSA) is 87.8 Å². The normalized spacial score (nSPS) is 18.1. The number of nitrogens with zero attached hydrogens (tertiary/aromatic N) is 3. The lowest BCUT2D eigenvalue weighted by Crippen LogP contribution is -2.27. The number of rotatable bonds is 7. The number of aliphatic imine (C=N–C) groups is 2. The molecule has 0 spiro atoms. The van der Waals surface area contributed by atoms with E-state index in [2.05, 4.69) is 39.3 Å². The summed E-state index contributed by atoms with van der Waals surface area (Å²) in [6.45, 7) is 6.50. The van der Waals surface area contributed by atoms with Crippen molar-refractivity contribution in [2.75, 3.05) is 20.3 Å². The highest BCUT2D eigenvalue weighted by Gasteiger charge is 2.25. The van der Waals surface area contributed by atoms with Crippen LogP contribution in [0.5, 0.6) is 11.5 Å². The molecule has 0 heterocycles. The van der Waals surface area contributed by atoms with Crippen molar-refractivity contribution in [1.29, 1.82) is 0 Å². The van der Waals surface area contributed by atoms with Crippen LogP contribution in [0.15, 0.2) is 81.0 Å². The summed E-state index contributed by atoms with van der Waals surface area (Å²) in [5.41, 5.74) is 3.54. The molecule has 0 radical (unpaired) electrons. The van der Waals surface area contributed by atoms with Crippen molar-refractivity contribution < 1.29 is 14.7 Å². The molecule has 1 atom stereocenters. The van der Waals surface area contributed by atoms with Gasteiger partial charge < -0.3 is 20.0 Å². The van der Waals surface area contributed by atoms with Crippen molar-refractivity contribution in [3.8, 4) is 11.5 Å². The smallest absolute Gasteiger partial charge is 0.222 e. The monoisotopic (exact) mass is 420 g/mol. The molecule has 31 heavy (non-hydrogen) atoms. The molecule has 0 fully saturated rings. The maximum Gasteiger partial charge on any atom is 0.222 e. The summed E-state index contributed by atoms with van der Waals surface area (Å²) in [5, 5.41) is 16.1. The number of ether oxygens (including phenoxy) is 2. The number of benzene rings is 2. The van der Waals surface area contributed by atoms with E-state index >= 15 is 0 Å². The van der Waals surface area contributed by atoms with Crippen molar-refractivity contribution >= 4 is 18.4 Å². The van der Waals surface area contributed by atoms with Crippen LogP contribution < -0.4 is 14.8 Å². The van der Waals surface area contributed by atoms with Gasteiger partial charge in [0.05, 0.1) is 19.4 Å². The van der Waals surface area contributed by atoms with E-state index in [1.54, 1.807) is 7.11 Å². The molecule has 1 aliphatic rings. The zero-order valence-electron chi connectivity index (χ0n) is 17.9. The van der Waals surface area contributed by atoms with Gasteiger partial charge in [0.15, 0.2) is 0 Å². The summed E-state index contributed by atoms with van der Waals surface area (Å²) < 4.78 is 10.9. The Morgan fingerprint density at radius 2 is 1.81 bits per heavy atom. The first-order valence-electron chi connectivity index (χ1n) is 10.2. The third-order valence-electron chi connectivity index (χ3n) is 5.24. The van der Waals surface area contributed by atoms with E-state index in [0.717, 1.165) is 29.2 Å². The van der Waals surface area contributed by atoms with Crippen molar-refractivity contribution in [3.05, 3.63) is 71.4 Å². The van der Waals surface area contributed by atoms with Crippen molar-refractivity contribution in [2.24, 2.45) is 15.1 Å². The summed E-state index contributed by atoms with van der Waals surface area (Å²) in [4.78, 5) is 8.68. The standard InChI is InChI=1S/C24H28N4O3/c1-17-22(15-19(16-23(17)28-29)18-7-5-4-6-8-18)27-24(25-2)26-13-14-31-21-11-9-20(30-3)10-12-21/h4-12,19,29H,2,13-16H2,1,3H3,(H,26,27)/b28-23+. The van der Waals surface area contributed by atoms with Crippen LogP contribution in [-0.2, 0) is 0 Å². The van der Waals surface area contributed by atoms with Gasteiger partial charge in [-0.25, -0.2) is 9.98 Å². The lowest BCUT2D eigenvalue weighted by Gasteiger charge is -2.25. The Balaban J connectivity index is 1.64. The zero-order chi connectivity index (χ0) is 22.1. The van der Waals surface area contributed by atoms with Crippen molar-refractivity contribution in [3.63, 3.8) is 0 Å². The first-order chi connectivity index (χ1) is 15.1. The van der Waals surface area contributed by atoms with E-state index in [1.165, 1.54) is 5.56 Å². The van der Waals surface area contributed by atoms with Crippen LogP contribution in [0.2, 0.25) is 0 Å². The molecular formula is C24H28N4O3. The number of nitrogens with one attached hydrogen (secondary N) is 1. The number of oxime groups is 1. The maximum absolute atomic E-state index is 9.48. The minimum Gasteiger partial charge on any atom is -0.497 e. The average Bonchev–Trinajstić information content (AvgIpc) is 2.83. The van der Waals surface area contributed by atoms with Gasteiger partial charge in [-0.15, -0.1) is 0 Å². The Kier molecular flexibility index (Phi) is 7.81. The first-order valence-corrected chi connectivity index (χ1v) is 10.2. The van der Waals surface area contributed by atoms with Crippen LogP contribution in [-0.4, -0.2) is 43.9 Å². The Morgan fingerprint density at radius 1 is 1.10 bits per heavy atom. The van der Waals surface area contributed by atoms with E-state index in [0.29, 0.717) is 31.2 Å². The fourth-order valence-corrected chi connectivity index (χ4v) is 3.48. The number of hydrogen-bond acceptors (Lipinski definition) is 5. The maximum atomic E-state index is 9.48. The van der Waals surface area contributed by atoms with Crippen LogP contribution in [0.25, 0.3) is 0 Å². The lowest BCUT2D eigenvalue weighted by atomic mass is 9.82. The Bertz CT molecular complexity index is 966. The Hall–Kier alpha value is -3.61. The second-order valence-corrected chi connectivity index (χ2v) is 7.18.